The molecule has 1 fully saturated rings. The van der Waals surface area contributed by atoms with E-state index in [-0.39, 0.29) is 58.7 Å². The Balaban J connectivity index is 0.000000204. The van der Waals surface area contributed by atoms with Crippen LogP contribution in [0.25, 0.3) is 43.1 Å². The topological polar surface area (TPSA) is 501 Å². The summed E-state index contributed by atoms with van der Waals surface area (Å²) >= 11 is 0. The number of piperazine rings is 1. The second-order valence-electron chi connectivity index (χ2n) is 37.5. The van der Waals surface area contributed by atoms with E-state index >= 15 is 0 Å². The Bertz CT molecular complexity index is 7660. The van der Waals surface area contributed by atoms with Crippen LogP contribution in [0.1, 0.15) is 119 Å². The van der Waals surface area contributed by atoms with Crippen LogP contribution in [0.5, 0.6) is 23.0 Å². The number of azo groups is 4. The van der Waals surface area contributed by atoms with Crippen molar-refractivity contribution in [3.05, 3.63) is 282 Å². The van der Waals surface area contributed by atoms with E-state index in [1.165, 1.54) is 0 Å². The number of anilines is 16. The summed E-state index contributed by atoms with van der Waals surface area (Å²) < 4.78 is 0. The van der Waals surface area contributed by atoms with Crippen molar-refractivity contribution in [3.8, 4) is 23.0 Å². The monoisotopic (exact) mass is 2010 g/mol. The fraction of sp³-hybridized carbons (Fsp3) is 0.268. The smallest absolute Gasteiger partial charge is 0.351 e. The lowest BCUT2D eigenvalue weighted by atomic mass is 10.0. The number of rotatable bonds is 38. The number of phenols is 4. The number of benzene rings is 13. The number of aryl methyl sites for hydroxylation is 12. The molecule has 0 radical (unpaired) electrons. The van der Waals surface area contributed by atoms with Gasteiger partial charge in [0.1, 0.15) is 22.7 Å². The number of hydrogen-bond acceptors (Lipinski definition) is 36. The molecule has 0 spiro atoms. The van der Waals surface area contributed by atoms with Crippen LogP contribution >= 0.6 is 0 Å². The summed E-state index contributed by atoms with van der Waals surface area (Å²) in [5.41, 5.74) is 17.7. The van der Waals surface area contributed by atoms with Gasteiger partial charge >= 0.3 is 11.4 Å². The van der Waals surface area contributed by atoms with Crippen molar-refractivity contribution in [3.63, 3.8) is 0 Å². The maximum Gasteiger partial charge on any atom is 0.351 e. The van der Waals surface area contributed by atoms with Gasteiger partial charge in [-0.15, -0.1) is 20.5 Å². The minimum Gasteiger partial charge on any atom is -0.505 e. The Kier molecular flexibility index (Phi) is 32.8. The number of hydrogen-bond donors (Lipinski definition) is 16. The van der Waals surface area contributed by atoms with E-state index in [1.807, 2.05) is 277 Å². The summed E-state index contributed by atoms with van der Waals surface area (Å²) in [7, 11) is 0. The third kappa shape index (κ3) is 25.7. The summed E-state index contributed by atoms with van der Waals surface area (Å²) in [6, 6.07) is 61.9. The first-order chi connectivity index (χ1) is 72.5. The normalized spacial score (nSPS) is 12.4. The molecule has 5 heterocycles. The van der Waals surface area contributed by atoms with Crippen LogP contribution in [0.15, 0.2) is 245 Å². The molecule has 17 aromatic rings. The lowest BCUT2D eigenvalue weighted by Gasteiger charge is -2.34. The second-order valence-corrected chi connectivity index (χ2v) is 37.5. The van der Waals surface area contributed by atoms with E-state index in [0.717, 1.165) is 177 Å². The van der Waals surface area contributed by atoms with Crippen LogP contribution in [-0.4, -0.2) is 155 Å². The number of aromatic hydroxyl groups is 4. The molecular formula is C112H122N32O6. The van der Waals surface area contributed by atoms with E-state index in [4.69, 9.17) is 29.9 Å². The van der Waals surface area contributed by atoms with Gasteiger partial charge in [-0.25, -0.2) is 9.59 Å². The van der Waals surface area contributed by atoms with Gasteiger partial charge in [-0.05, 0) is 307 Å². The fourth-order valence-electron chi connectivity index (χ4n) is 17.8. The molecule has 38 nitrogen and oxygen atoms in total. The highest BCUT2D eigenvalue weighted by molar-refractivity contribution is 6.07. The molecule has 766 valence electrons. The lowest BCUT2D eigenvalue weighted by Crippen LogP contribution is -2.47. The van der Waals surface area contributed by atoms with Crippen LogP contribution in [0, 0.1) is 83.1 Å². The average Bonchev–Trinajstić information content (AvgIpc) is 0.778. The minimum atomic E-state index is -0.565. The van der Waals surface area contributed by atoms with Crippen molar-refractivity contribution in [2.45, 2.75) is 135 Å². The number of H-pyrrole nitrogens is 2. The Labute approximate surface area is 867 Å². The van der Waals surface area contributed by atoms with Crippen molar-refractivity contribution in [2.75, 3.05) is 119 Å². The maximum atomic E-state index is 12.7. The first-order valence-electron chi connectivity index (χ1n) is 50.1. The predicted octanol–water partition coefficient (Wildman–Crippen LogP) is 26.3. The Morgan fingerprint density at radius 2 is 0.533 bits per heavy atom. The van der Waals surface area contributed by atoms with E-state index in [9.17, 15) is 30.0 Å². The molecule has 0 bridgehead atoms. The molecule has 16 N–H and O–H groups in total. The lowest BCUT2D eigenvalue weighted by molar-refractivity contribution is 0.132. The number of nitrogens with zero attached hydrogens (tertiary/aromatic N) is 20. The van der Waals surface area contributed by atoms with Gasteiger partial charge in [0.05, 0.1) is 45.5 Å². The molecule has 1 aliphatic rings. The van der Waals surface area contributed by atoms with Gasteiger partial charge in [0.25, 0.3) is 0 Å². The molecule has 0 aliphatic carbocycles. The zero-order chi connectivity index (χ0) is 105. The fourth-order valence-corrected chi connectivity index (χ4v) is 17.8. The molecule has 0 unspecified atom stereocenters. The second kappa shape index (κ2) is 47.5. The van der Waals surface area contributed by atoms with Gasteiger partial charge in [0.15, 0.2) is 23.0 Å². The molecule has 18 rings (SSSR count). The van der Waals surface area contributed by atoms with Crippen LogP contribution < -0.4 is 64.5 Å². The zero-order valence-electron chi connectivity index (χ0n) is 86.3. The first kappa shape index (κ1) is 103. The molecule has 4 aromatic heterocycles. The molecule has 1 saturated heterocycles. The van der Waals surface area contributed by atoms with Crippen molar-refractivity contribution in [1.29, 1.82) is 0 Å². The Hall–Kier alpha value is -17.9. The number of fused-ring (bicyclic) bond motifs is 4. The third-order valence-electron chi connectivity index (χ3n) is 25.5. The van der Waals surface area contributed by atoms with E-state index in [1.54, 1.807) is 0 Å². The highest BCUT2D eigenvalue weighted by Gasteiger charge is 2.25. The van der Waals surface area contributed by atoms with E-state index in [0.29, 0.717) is 140 Å². The molecule has 13 aromatic carbocycles. The van der Waals surface area contributed by atoms with Gasteiger partial charge in [0, 0.05) is 85.3 Å². The summed E-state index contributed by atoms with van der Waals surface area (Å²) in [4.78, 5) is 81.3. The molecule has 0 atom stereocenters. The summed E-state index contributed by atoms with van der Waals surface area (Å²) in [6.45, 7) is 35.4. The zero-order valence-corrected chi connectivity index (χ0v) is 86.3. The van der Waals surface area contributed by atoms with Crippen molar-refractivity contribution >= 4 is 182 Å². The molecule has 0 amide bonds. The predicted molar refractivity (Wildman–Crippen MR) is 599 cm³/mol. The Morgan fingerprint density at radius 3 is 0.813 bits per heavy atom. The van der Waals surface area contributed by atoms with Crippen LogP contribution in [0.2, 0.25) is 0 Å². The van der Waals surface area contributed by atoms with Gasteiger partial charge in [-0.3, -0.25) is 9.97 Å². The van der Waals surface area contributed by atoms with Crippen molar-refractivity contribution in [2.24, 2.45) is 40.9 Å². The standard InChI is InChI=1S/C58H62N16O2.C54H60N16O4/c1-9-11-25-59-53-65-55(69-57(67-53)63-45-29-33(3)27-39-31-37(7)49(51(75)47(39)45)73-71-43-19-15-13-17-35(43)5)61-41-21-23-42(24-22-41)62-56-66-54(60-26-12-10-2)68-58(70-56)64-46-30-34(4)28-40-32-38(8)50(52(76)48(40)46)74-72-44-20-16-14-18-36(44)6;1-31-25-37-29-35(5)45(67-65-39-15-9-7-13-33(39)3)47(71)43(37)41(27-31)57-51-59-49(61-53(73)63-51)55-17-11-19-69-21-23-70(24-22-69)20-12-18-56-50-60-52(64-54(74)62-50)58-42-28-32(2)26-38-30-36(6)46(48(72)44(38)42)68-66-40-16-10-8-14-34(40)4/h13-24,27-32,75-76H,9-12,25-26H2,1-8H3,(H3,59,61,63,65,67,69)(H3,60,62,64,66,68,70);7-10,13-16,25-30,71-72H,11-12,17-24H2,1-6H3,(H3,55,57,59,61,63,73)(H3,56,58,60,62,64,74). The van der Waals surface area contributed by atoms with Crippen LogP contribution in [-0.2, 0) is 0 Å². The SMILES string of the molecule is CCCCNc1nc(Nc2ccc(Nc3nc(NCCCC)nc(Nc4cc(C)cc5cc(C)c(N=Nc6ccccc6C)c(O)c45)n3)cc2)nc(Nc2cc(C)cc3cc(C)c(N=Nc4ccccc4C)c(O)c23)n1.Cc1cc(Nc2nc(NCCCN3CCN(CCCNc4nc(Nc5cc(C)cc6cc(C)c(N=Nc7ccccc7C)c(O)c56)[nH]c(=O)n4)CC3)nc(=O)[nH]2)c2c(O)c(N=Nc3ccccc3C)c(C)cc2c1. The molecule has 0 saturated carbocycles. The largest absolute Gasteiger partial charge is 0.505 e. The third-order valence-corrected chi connectivity index (χ3v) is 25.5. The highest BCUT2D eigenvalue weighted by Crippen LogP contribution is 2.49. The molecule has 38 heteroatoms. The number of phenolic OH excluding ortho intramolecular Hbond substituents is 4. The van der Waals surface area contributed by atoms with Crippen molar-refractivity contribution < 1.29 is 20.4 Å². The summed E-state index contributed by atoms with van der Waals surface area (Å²) in [6.07, 6.45) is 5.45. The molecule has 1 aliphatic heterocycles. The number of aromatic amines is 2. The average molecular weight is 2010 g/mol. The van der Waals surface area contributed by atoms with Crippen molar-refractivity contribution in [1.82, 2.24) is 69.6 Å². The van der Waals surface area contributed by atoms with Crippen LogP contribution in [0.3, 0.4) is 0 Å². The number of nitrogens with one attached hydrogen (secondary N) is 12. The van der Waals surface area contributed by atoms with Crippen LogP contribution in [0.4, 0.5) is 139 Å². The maximum absolute atomic E-state index is 12.7. The van der Waals surface area contributed by atoms with Gasteiger partial charge < -0.3 is 83.4 Å². The Morgan fingerprint density at radius 1 is 0.280 bits per heavy atom. The quantitative estimate of drug-likeness (QED) is 0.0126. The minimum absolute atomic E-state index is 0.00596. The number of unbranched alkanes of at least 4 members (excludes halogenated alkanes) is 2. The van der Waals surface area contributed by atoms with Gasteiger partial charge in [-0.2, -0.15) is 70.3 Å². The summed E-state index contributed by atoms with van der Waals surface area (Å²) in [5, 5.41) is 121. The van der Waals surface area contributed by atoms with E-state index < -0.39 is 11.4 Å². The summed E-state index contributed by atoms with van der Waals surface area (Å²) in [5.74, 6) is 2.55. The number of aromatic nitrogens is 12. The van der Waals surface area contributed by atoms with Gasteiger partial charge in [0.2, 0.25) is 59.5 Å². The first-order valence-corrected chi connectivity index (χ1v) is 50.1. The van der Waals surface area contributed by atoms with Gasteiger partial charge in [-0.1, -0.05) is 124 Å². The molecular weight excluding hydrogens is 1890 g/mol. The molecule has 150 heavy (non-hydrogen) atoms. The highest BCUT2D eigenvalue weighted by atomic mass is 16.3. The van der Waals surface area contributed by atoms with E-state index in [2.05, 4.69) is 148 Å².